The third-order valence-electron chi connectivity index (χ3n) is 4.08. The van der Waals surface area contributed by atoms with Crippen molar-refractivity contribution in [1.82, 2.24) is 4.90 Å². The molecule has 1 amide bonds. The van der Waals surface area contributed by atoms with Crippen LogP contribution in [-0.2, 0) is 11.3 Å². The maximum absolute atomic E-state index is 12.2. The molecule has 0 radical (unpaired) electrons. The Labute approximate surface area is 151 Å². The van der Waals surface area contributed by atoms with Gasteiger partial charge in [-0.1, -0.05) is 46.3 Å². The van der Waals surface area contributed by atoms with Crippen molar-refractivity contribution >= 4 is 27.5 Å². The van der Waals surface area contributed by atoms with Crippen molar-refractivity contribution in [2.75, 3.05) is 31.6 Å². The molecular formula is C19H21BrN2O2. The predicted octanol–water partition coefficient (Wildman–Crippen LogP) is 3.70. The standard InChI is InChI=1S/C19H21BrN2O2/c1-21(13-15-6-3-2-4-7-15)10-5-11-22-17-12-16(20)8-9-18(17)24-14-19(22)23/h2-4,6-9,12H,5,10-11,13-14H2,1H3. The van der Waals surface area contributed by atoms with Gasteiger partial charge in [0.25, 0.3) is 5.91 Å². The van der Waals surface area contributed by atoms with Crippen LogP contribution in [0, 0.1) is 0 Å². The summed E-state index contributed by atoms with van der Waals surface area (Å²) in [6.45, 7) is 2.67. The number of anilines is 1. The first kappa shape index (κ1) is 17.0. The molecule has 24 heavy (non-hydrogen) atoms. The van der Waals surface area contributed by atoms with Crippen LogP contribution >= 0.6 is 15.9 Å². The molecule has 0 saturated carbocycles. The fourth-order valence-corrected chi connectivity index (χ4v) is 3.24. The highest BCUT2D eigenvalue weighted by molar-refractivity contribution is 9.10. The summed E-state index contributed by atoms with van der Waals surface area (Å²) in [6, 6.07) is 16.2. The fourth-order valence-electron chi connectivity index (χ4n) is 2.89. The normalized spacial score (nSPS) is 13.8. The molecule has 0 fully saturated rings. The third kappa shape index (κ3) is 4.16. The predicted molar refractivity (Wildman–Crippen MR) is 99.4 cm³/mol. The lowest BCUT2D eigenvalue weighted by Crippen LogP contribution is -2.40. The first-order valence-electron chi connectivity index (χ1n) is 8.08. The molecule has 3 rings (SSSR count). The van der Waals surface area contributed by atoms with Crippen molar-refractivity contribution in [3.8, 4) is 5.75 Å². The summed E-state index contributed by atoms with van der Waals surface area (Å²) in [4.78, 5) is 16.3. The lowest BCUT2D eigenvalue weighted by molar-refractivity contribution is -0.121. The number of fused-ring (bicyclic) bond motifs is 1. The van der Waals surface area contributed by atoms with E-state index in [9.17, 15) is 4.79 Å². The Balaban J connectivity index is 1.57. The van der Waals surface area contributed by atoms with E-state index in [-0.39, 0.29) is 12.5 Å². The van der Waals surface area contributed by atoms with Crippen LogP contribution in [0.4, 0.5) is 5.69 Å². The Kier molecular flexibility index (Phi) is 5.53. The molecule has 126 valence electrons. The van der Waals surface area contributed by atoms with Crippen molar-refractivity contribution < 1.29 is 9.53 Å². The van der Waals surface area contributed by atoms with Crippen LogP contribution < -0.4 is 9.64 Å². The lowest BCUT2D eigenvalue weighted by atomic mass is 10.2. The van der Waals surface area contributed by atoms with Gasteiger partial charge >= 0.3 is 0 Å². The van der Waals surface area contributed by atoms with Gasteiger partial charge in [-0.05, 0) is 43.8 Å². The molecule has 2 aromatic rings. The molecule has 0 aliphatic carbocycles. The maximum atomic E-state index is 12.2. The molecule has 5 heteroatoms. The number of hydrogen-bond donors (Lipinski definition) is 0. The zero-order valence-corrected chi connectivity index (χ0v) is 15.3. The Morgan fingerprint density at radius 2 is 2.00 bits per heavy atom. The van der Waals surface area contributed by atoms with Crippen LogP contribution in [0.1, 0.15) is 12.0 Å². The van der Waals surface area contributed by atoms with E-state index in [0.29, 0.717) is 6.54 Å². The number of amides is 1. The molecule has 0 N–H and O–H groups in total. The molecule has 2 aromatic carbocycles. The van der Waals surface area contributed by atoms with E-state index in [0.717, 1.165) is 35.4 Å². The monoisotopic (exact) mass is 388 g/mol. The summed E-state index contributed by atoms with van der Waals surface area (Å²) in [5.74, 6) is 0.793. The summed E-state index contributed by atoms with van der Waals surface area (Å²) < 4.78 is 6.45. The summed E-state index contributed by atoms with van der Waals surface area (Å²) in [5.41, 5.74) is 2.16. The number of carbonyl (C=O) groups excluding carboxylic acids is 1. The smallest absolute Gasteiger partial charge is 0.265 e. The number of hydrogen-bond acceptors (Lipinski definition) is 3. The molecule has 0 saturated heterocycles. The second-order valence-corrected chi connectivity index (χ2v) is 6.94. The van der Waals surface area contributed by atoms with E-state index < -0.39 is 0 Å². The number of ether oxygens (including phenoxy) is 1. The molecule has 0 spiro atoms. The molecule has 1 aliphatic rings. The minimum Gasteiger partial charge on any atom is -0.482 e. The second-order valence-electron chi connectivity index (χ2n) is 6.02. The van der Waals surface area contributed by atoms with E-state index in [4.69, 9.17) is 4.74 Å². The van der Waals surface area contributed by atoms with Gasteiger partial charge in [-0.25, -0.2) is 0 Å². The van der Waals surface area contributed by atoms with Crippen molar-refractivity contribution in [2.24, 2.45) is 0 Å². The van der Waals surface area contributed by atoms with Crippen LogP contribution in [0.2, 0.25) is 0 Å². The topological polar surface area (TPSA) is 32.8 Å². The Morgan fingerprint density at radius 3 is 2.79 bits per heavy atom. The quantitative estimate of drug-likeness (QED) is 0.756. The summed E-state index contributed by atoms with van der Waals surface area (Å²) in [6.07, 6.45) is 0.918. The largest absolute Gasteiger partial charge is 0.482 e. The highest BCUT2D eigenvalue weighted by Gasteiger charge is 2.25. The van der Waals surface area contributed by atoms with Crippen LogP contribution in [0.3, 0.4) is 0 Å². The Hall–Kier alpha value is -1.85. The van der Waals surface area contributed by atoms with Gasteiger partial charge in [0.1, 0.15) is 5.75 Å². The van der Waals surface area contributed by atoms with Crippen molar-refractivity contribution in [1.29, 1.82) is 0 Å². The van der Waals surface area contributed by atoms with E-state index >= 15 is 0 Å². The number of benzene rings is 2. The fraction of sp³-hybridized carbons (Fsp3) is 0.316. The molecule has 0 atom stereocenters. The van der Waals surface area contributed by atoms with Crippen molar-refractivity contribution in [2.45, 2.75) is 13.0 Å². The van der Waals surface area contributed by atoms with E-state index in [1.165, 1.54) is 5.56 Å². The zero-order valence-electron chi connectivity index (χ0n) is 13.7. The zero-order chi connectivity index (χ0) is 16.9. The van der Waals surface area contributed by atoms with Gasteiger partial charge in [-0.2, -0.15) is 0 Å². The number of nitrogens with zero attached hydrogens (tertiary/aromatic N) is 2. The molecule has 0 unspecified atom stereocenters. The van der Waals surface area contributed by atoms with Crippen molar-refractivity contribution in [3.05, 3.63) is 58.6 Å². The van der Waals surface area contributed by atoms with Gasteiger partial charge in [0.05, 0.1) is 5.69 Å². The number of carbonyl (C=O) groups is 1. The molecule has 1 heterocycles. The molecule has 0 aromatic heterocycles. The minimum atomic E-state index is 0.0197. The average molecular weight is 389 g/mol. The van der Waals surface area contributed by atoms with Crippen LogP contribution in [0.25, 0.3) is 0 Å². The number of halogens is 1. The summed E-state index contributed by atoms with van der Waals surface area (Å²) in [5, 5.41) is 0. The lowest BCUT2D eigenvalue weighted by Gasteiger charge is -2.30. The summed E-state index contributed by atoms with van der Waals surface area (Å²) >= 11 is 3.46. The van der Waals surface area contributed by atoms with E-state index in [2.05, 4.69) is 52.1 Å². The van der Waals surface area contributed by atoms with Gasteiger partial charge in [0.15, 0.2) is 6.61 Å². The van der Waals surface area contributed by atoms with Crippen molar-refractivity contribution in [3.63, 3.8) is 0 Å². The van der Waals surface area contributed by atoms with Gasteiger partial charge in [-0.15, -0.1) is 0 Å². The Morgan fingerprint density at radius 1 is 1.21 bits per heavy atom. The third-order valence-corrected chi connectivity index (χ3v) is 4.57. The molecular weight excluding hydrogens is 368 g/mol. The van der Waals surface area contributed by atoms with Gasteiger partial charge < -0.3 is 14.5 Å². The second kappa shape index (κ2) is 7.81. The molecule has 1 aliphatic heterocycles. The molecule has 0 bridgehead atoms. The van der Waals surface area contributed by atoms with Crippen LogP contribution in [-0.4, -0.2) is 37.6 Å². The highest BCUT2D eigenvalue weighted by atomic mass is 79.9. The van der Waals surface area contributed by atoms with Crippen LogP contribution in [0.15, 0.2) is 53.0 Å². The number of rotatable bonds is 6. The van der Waals surface area contributed by atoms with Crippen LogP contribution in [0.5, 0.6) is 5.75 Å². The first-order chi connectivity index (χ1) is 11.6. The Bertz CT molecular complexity index is 706. The van der Waals surface area contributed by atoms with E-state index in [1.807, 2.05) is 29.2 Å². The SMILES string of the molecule is CN(CCCN1C(=O)COc2ccc(Br)cc21)Cc1ccccc1. The maximum Gasteiger partial charge on any atom is 0.265 e. The van der Waals surface area contributed by atoms with Gasteiger partial charge in [0.2, 0.25) is 0 Å². The van der Waals surface area contributed by atoms with E-state index in [1.54, 1.807) is 0 Å². The van der Waals surface area contributed by atoms with Gasteiger partial charge in [0, 0.05) is 17.6 Å². The highest BCUT2D eigenvalue weighted by Crippen LogP contribution is 2.34. The average Bonchev–Trinajstić information content (AvgIpc) is 2.58. The van der Waals surface area contributed by atoms with Gasteiger partial charge in [-0.3, -0.25) is 4.79 Å². The summed E-state index contributed by atoms with van der Waals surface area (Å²) in [7, 11) is 2.11. The first-order valence-corrected chi connectivity index (χ1v) is 8.88. The molecule has 4 nitrogen and oxygen atoms in total. The minimum absolute atomic E-state index is 0.0197.